The van der Waals surface area contributed by atoms with Gasteiger partial charge in [-0.15, -0.1) is 10.2 Å². The van der Waals surface area contributed by atoms with E-state index in [2.05, 4.69) is 43.3 Å². The molecular weight excluding hydrogens is 518 g/mol. The van der Waals surface area contributed by atoms with Crippen molar-refractivity contribution < 1.29 is 25.0 Å². The molecule has 0 saturated carbocycles. The van der Waals surface area contributed by atoms with Crippen LogP contribution in [0.25, 0.3) is 0 Å². The Labute approximate surface area is 233 Å². The molecule has 3 aromatic carbocycles. The van der Waals surface area contributed by atoms with Crippen molar-refractivity contribution in [2.24, 2.45) is 20.5 Å². The molecule has 0 spiro atoms. The van der Waals surface area contributed by atoms with E-state index >= 15 is 0 Å². The number of amides is 1. The van der Waals surface area contributed by atoms with Crippen molar-refractivity contribution in [3.8, 4) is 11.5 Å². The van der Waals surface area contributed by atoms with Crippen LogP contribution in [0.15, 0.2) is 81.1 Å². The number of thiol groups is 1. The lowest BCUT2D eigenvalue weighted by atomic mass is 10.2. The summed E-state index contributed by atoms with van der Waals surface area (Å²) in [4.78, 5) is 13.8. The first-order valence-electron chi connectivity index (χ1n) is 12.3. The minimum atomic E-state index is 0.0452. The van der Waals surface area contributed by atoms with Gasteiger partial charge in [-0.2, -0.15) is 28.3 Å². The molecule has 0 saturated heterocycles. The van der Waals surface area contributed by atoms with E-state index in [0.717, 1.165) is 24.1 Å². The second-order valence-corrected chi connectivity index (χ2v) is 8.88. The fourth-order valence-electron chi connectivity index (χ4n) is 3.54. The predicted molar refractivity (Wildman–Crippen MR) is 154 cm³/mol. The van der Waals surface area contributed by atoms with Crippen LogP contribution in [-0.2, 0) is 4.79 Å². The number of nitrogens with zero attached hydrogens (tertiary/aromatic N) is 5. The number of carbonyl (C=O) groups excluding carboxylic acids is 1. The summed E-state index contributed by atoms with van der Waals surface area (Å²) >= 11 is 4.09. The van der Waals surface area contributed by atoms with Crippen molar-refractivity contribution in [1.29, 1.82) is 0 Å². The zero-order valence-electron chi connectivity index (χ0n) is 22.2. The quantitative estimate of drug-likeness (QED) is 0.0921. The van der Waals surface area contributed by atoms with E-state index in [0.29, 0.717) is 58.7 Å². The Kier molecular flexibility index (Phi) is 11.7. The van der Waals surface area contributed by atoms with Crippen molar-refractivity contribution >= 4 is 52.7 Å². The van der Waals surface area contributed by atoms with Crippen LogP contribution < -0.4 is 25.2 Å². The molecule has 0 aromatic heterocycles. The lowest BCUT2D eigenvalue weighted by Crippen LogP contribution is -2.73. The van der Waals surface area contributed by atoms with Crippen molar-refractivity contribution in [3.05, 3.63) is 60.7 Å². The highest BCUT2D eigenvalue weighted by Gasteiger charge is 2.12. The number of benzene rings is 3. The lowest BCUT2D eigenvalue weighted by Gasteiger charge is -2.19. The summed E-state index contributed by atoms with van der Waals surface area (Å²) in [5, 5.41) is 29.1. The molecule has 0 aliphatic rings. The van der Waals surface area contributed by atoms with Gasteiger partial charge in [-0.1, -0.05) is 0 Å². The fourth-order valence-corrected chi connectivity index (χ4v) is 3.65. The Morgan fingerprint density at radius 3 is 1.95 bits per heavy atom. The van der Waals surface area contributed by atoms with Crippen molar-refractivity contribution in [2.45, 2.75) is 12.8 Å². The maximum absolute atomic E-state index is 11.7. The summed E-state index contributed by atoms with van der Waals surface area (Å²) in [6.07, 6.45) is 1.23. The maximum atomic E-state index is 11.7. The van der Waals surface area contributed by atoms with Gasteiger partial charge in [-0.25, -0.2) is 5.21 Å². The first-order chi connectivity index (χ1) is 19.0. The van der Waals surface area contributed by atoms with E-state index < -0.39 is 0 Å². The van der Waals surface area contributed by atoms with Gasteiger partial charge in [0.05, 0.1) is 25.6 Å². The molecule has 0 aliphatic carbocycles. The average molecular weight is 553 g/mol. The highest BCUT2D eigenvalue weighted by molar-refractivity contribution is 7.80. The first-order valence-corrected chi connectivity index (χ1v) is 13.0. The predicted octanol–water partition coefficient (Wildman–Crippen LogP) is 5.38. The van der Waals surface area contributed by atoms with E-state index in [4.69, 9.17) is 14.7 Å². The Morgan fingerprint density at radius 2 is 1.46 bits per heavy atom. The first kappa shape index (κ1) is 29.6. The van der Waals surface area contributed by atoms with Crippen LogP contribution in [-0.4, -0.2) is 51.2 Å². The van der Waals surface area contributed by atoms with Crippen LogP contribution in [0.4, 0.5) is 34.1 Å². The van der Waals surface area contributed by atoms with Gasteiger partial charge in [-0.05, 0) is 42.8 Å². The van der Waals surface area contributed by atoms with Crippen LogP contribution in [0.1, 0.15) is 12.8 Å². The number of nitrogens with two attached hydrogens (primary N) is 1. The molecule has 3 rings (SSSR count). The van der Waals surface area contributed by atoms with Crippen LogP contribution in [0, 0.1) is 0 Å². The van der Waals surface area contributed by atoms with E-state index in [1.165, 1.54) is 7.11 Å². The molecule has 0 fully saturated rings. The van der Waals surface area contributed by atoms with Gasteiger partial charge in [0, 0.05) is 62.3 Å². The molecule has 0 unspecified atom stereocenters. The molecule has 11 nitrogen and oxygen atoms in total. The monoisotopic (exact) mass is 552 g/mol. The SMILES string of the molecule is COc1cc(N=Nc2ccc(N(C)CCCC(=O)NCCS)cc2)c(OC)cc1N=Nc1ccc([NH2+]O)cc1. The summed E-state index contributed by atoms with van der Waals surface area (Å²) in [7, 11) is 5.07. The Bertz CT molecular complexity index is 1270. The minimum Gasteiger partial charge on any atom is -0.494 e. The number of quaternary nitrogens is 1. The van der Waals surface area contributed by atoms with Crippen LogP contribution in [0.5, 0.6) is 11.5 Å². The molecule has 39 heavy (non-hydrogen) atoms. The third-order valence-corrected chi connectivity index (χ3v) is 5.91. The van der Waals surface area contributed by atoms with Gasteiger partial charge < -0.3 is 19.7 Å². The Hall–Kier alpha value is -4.00. The highest BCUT2D eigenvalue weighted by atomic mass is 32.1. The molecule has 3 aromatic rings. The average Bonchev–Trinajstić information content (AvgIpc) is 2.98. The third kappa shape index (κ3) is 9.06. The topological polar surface area (TPSA) is 137 Å². The fraction of sp³-hybridized carbons (Fsp3) is 0.296. The number of carbonyl (C=O) groups is 1. The smallest absolute Gasteiger partial charge is 0.220 e. The molecule has 0 heterocycles. The molecule has 0 aliphatic heterocycles. The third-order valence-electron chi connectivity index (χ3n) is 5.69. The van der Waals surface area contributed by atoms with E-state index in [1.807, 2.05) is 31.3 Å². The zero-order chi connectivity index (χ0) is 28.0. The van der Waals surface area contributed by atoms with Crippen LogP contribution in [0.3, 0.4) is 0 Å². The second kappa shape index (κ2) is 15.4. The molecule has 0 bridgehead atoms. The Balaban J connectivity index is 1.66. The molecule has 4 N–H and O–H groups in total. The van der Waals surface area contributed by atoms with Crippen LogP contribution in [0.2, 0.25) is 0 Å². The standard InChI is InChI=1S/C27H33N7O4S/c1-34(15-4-5-27(35)28-14-16-39)22-12-10-20(11-13-22)30-32-24-18-25(37-2)23(17-26(24)38-3)31-29-19-6-8-21(33-36)9-7-19/h6-13,17-18,33,36,39H,4-5,14-16H2,1-3H3,(H,28,35)/p+1. The molecule has 12 heteroatoms. The van der Waals surface area contributed by atoms with Crippen molar-refractivity contribution in [3.63, 3.8) is 0 Å². The number of anilines is 1. The summed E-state index contributed by atoms with van der Waals surface area (Å²) in [5.74, 6) is 1.61. The van der Waals surface area contributed by atoms with Gasteiger partial charge in [0.15, 0.2) is 5.69 Å². The van der Waals surface area contributed by atoms with Crippen molar-refractivity contribution in [2.75, 3.05) is 45.0 Å². The minimum absolute atomic E-state index is 0.0452. The van der Waals surface area contributed by atoms with Gasteiger partial charge in [0.25, 0.3) is 0 Å². The second-order valence-electron chi connectivity index (χ2n) is 8.43. The Morgan fingerprint density at radius 1 is 0.923 bits per heavy atom. The number of azo groups is 2. The number of hydrogen-bond donors (Lipinski definition) is 4. The molecule has 1 amide bonds. The number of hydrogen-bond acceptors (Lipinski definition) is 10. The number of methoxy groups -OCH3 is 2. The molecule has 206 valence electrons. The van der Waals surface area contributed by atoms with Crippen molar-refractivity contribution in [1.82, 2.24) is 5.32 Å². The summed E-state index contributed by atoms with van der Waals surface area (Å²) in [5.41, 5.74) is 4.95. The molecule has 0 radical (unpaired) electrons. The zero-order valence-corrected chi connectivity index (χ0v) is 23.1. The van der Waals surface area contributed by atoms with E-state index in [9.17, 15) is 4.79 Å². The van der Waals surface area contributed by atoms with Gasteiger partial charge >= 0.3 is 0 Å². The van der Waals surface area contributed by atoms with E-state index in [1.54, 1.807) is 43.5 Å². The number of ether oxygens (including phenoxy) is 2. The van der Waals surface area contributed by atoms with Crippen LogP contribution >= 0.6 is 12.6 Å². The van der Waals surface area contributed by atoms with Gasteiger partial charge in [0.2, 0.25) is 5.91 Å². The normalized spacial score (nSPS) is 11.2. The summed E-state index contributed by atoms with van der Waals surface area (Å²) in [6.45, 7) is 1.34. The van der Waals surface area contributed by atoms with Gasteiger partial charge in [0.1, 0.15) is 22.9 Å². The van der Waals surface area contributed by atoms with Gasteiger partial charge in [-0.3, -0.25) is 4.79 Å². The maximum Gasteiger partial charge on any atom is 0.220 e. The highest BCUT2D eigenvalue weighted by Crippen LogP contribution is 2.41. The molecular formula is C27H34N7O4S+. The summed E-state index contributed by atoms with van der Waals surface area (Å²) in [6, 6.07) is 18.0. The van der Waals surface area contributed by atoms with E-state index in [-0.39, 0.29) is 5.91 Å². The summed E-state index contributed by atoms with van der Waals surface area (Å²) < 4.78 is 11.0. The lowest BCUT2D eigenvalue weighted by molar-refractivity contribution is -0.825. The molecule has 0 atom stereocenters. The number of nitrogens with one attached hydrogen (secondary N) is 1. The largest absolute Gasteiger partial charge is 0.494 e. The number of rotatable bonds is 14.